The van der Waals surface area contributed by atoms with Gasteiger partial charge in [-0.3, -0.25) is 14.4 Å². The third-order valence-electron chi connectivity index (χ3n) is 9.27. The van der Waals surface area contributed by atoms with E-state index < -0.39 is 6.10 Å². The summed E-state index contributed by atoms with van der Waals surface area (Å²) in [6, 6.07) is 22.9. The number of phenolic OH excluding ortho intramolecular Hbond substituents is 2. The lowest BCUT2D eigenvalue weighted by Crippen LogP contribution is -2.41. The molecule has 276 valence electrons. The highest BCUT2D eigenvalue weighted by atomic mass is 16.5. The summed E-state index contributed by atoms with van der Waals surface area (Å²) >= 11 is 0. The molecule has 0 aliphatic carbocycles. The molecule has 12 nitrogen and oxygen atoms in total. The first-order valence-corrected chi connectivity index (χ1v) is 17.2. The second-order valence-electron chi connectivity index (χ2n) is 12.6. The van der Waals surface area contributed by atoms with Gasteiger partial charge in [-0.15, -0.1) is 0 Å². The summed E-state index contributed by atoms with van der Waals surface area (Å²) in [5, 5.41) is 49.4. The molecule has 5 rings (SSSR count). The van der Waals surface area contributed by atoms with Gasteiger partial charge in [0.15, 0.2) is 0 Å². The summed E-state index contributed by atoms with van der Waals surface area (Å²) in [6.07, 6.45) is 6.20. The molecule has 4 aromatic rings. The van der Waals surface area contributed by atoms with E-state index in [-0.39, 0.29) is 29.7 Å². The fourth-order valence-electron chi connectivity index (χ4n) is 6.59. The van der Waals surface area contributed by atoms with Gasteiger partial charge in [0.1, 0.15) is 11.5 Å². The van der Waals surface area contributed by atoms with Crippen LogP contribution in [0.3, 0.4) is 0 Å². The maximum absolute atomic E-state index is 11.6. The fourth-order valence-corrected chi connectivity index (χ4v) is 6.59. The molecule has 0 unspecified atom stereocenters. The molecule has 12 heteroatoms. The lowest BCUT2D eigenvalue weighted by atomic mass is 9.67. The number of hydrogen-bond acceptors (Lipinski definition) is 9. The Kier molecular flexibility index (Phi) is 17.1. The number of unbranched alkanes of at least 4 members (excludes halogenated alkanes) is 3. The van der Waals surface area contributed by atoms with Crippen molar-refractivity contribution in [2.45, 2.75) is 56.5 Å². The third kappa shape index (κ3) is 11.9. The number of aromatic nitrogens is 1. The van der Waals surface area contributed by atoms with Crippen molar-refractivity contribution in [2.75, 3.05) is 46.4 Å². The molecule has 1 aliphatic heterocycles. The molecule has 1 saturated heterocycles. The van der Waals surface area contributed by atoms with E-state index in [0.29, 0.717) is 35.4 Å². The Balaban J connectivity index is 0.00000109. The Bertz CT molecular complexity index is 1680. The Morgan fingerprint density at radius 2 is 1.55 bits per heavy atom. The average molecular weight is 706 g/mol. The number of carbonyl (C=O) groups is 2. The second-order valence-corrected chi connectivity index (χ2v) is 12.6. The molecule has 0 radical (unpaired) electrons. The number of pyridine rings is 1. The second kappa shape index (κ2) is 21.5. The summed E-state index contributed by atoms with van der Waals surface area (Å²) in [4.78, 5) is 33.3. The molecule has 51 heavy (non-hydrogen) atoms. The fraction of sp³-hybridized carbons (Fsp3) is 0.410. The lowest BCUT2D eigenvalue weighted by molar-refractivity contribution is -0.123. The number of phenols is 2. The van der Waals surface area contributed by atoms with Crippen LogP contribution in [0.15, 0.2) is 77.6 Å². The van der Waals surface area contributed by atoms with Gasteiger partial charge in [-0.25, -0.2) is 0 Å². The van der Waals surface area contributed by atoms with Crippen LogP contribution in [0.2, 0.25) is 0 Å². The van der Waals surface area contributed by atoms with Crippen LogP contribution < -0.4 is 10.9 Å². The first-order valence-electron chi connectivity index (χ1n) is 17.2. The minimum Gasteiger partial charge on any atom is -0.508 e. The average Bonchev–Trinajstić information content (AvgIpc) is 3.13. The summed E-state index contributed by atoms with van der Waals surface area (Å²) in [7, 11) is 2.17. The van der Waals surface area contributed by atoms with Crippen LogP contribution in [0.4, 0.5) is 0 Å². The van der Waals surface area contributed by atoms with Crippen LogP contribution in [0.1, 0.15) is 66.9 Å². The van der Waals surface area contributed by atoms with Crippen LogP contribution in [-0.2, 0) is 26.2 Å². The number of H-pyrrole nitrogens is 1. The number of fused-ring (bicyclic) bond motifs is 1. The van der Waals surface area contributed by atoms with Crippen molar-refractivity contribution in [3.63, 3.8) is 0 Å². The van der Waals surface area contributed by atoms with E-state index in [2.05, 4.69) is 58.6 Å². The lowest BCUT2D eigenvalue weighted by Gasteiger charge is -2.42. The SMILES string of the molecule is CN1CCC(c2ccccc2)(c2cc(CCOCCCCCCNC[C@H](O)c3ccc(O)c4[nH]c(=O)ccc34)ccc2O)CC1.O=CO.O=CO. The van der Waals surface area contributed by atoms with E-state index in [4.69, 9.17) is 24.5 Å². The predicted octanol–water partition coefficient (Wildman–Crippen LogP) is 4.80. The van der Waals surface area contributed by atoms with Gasteiger partial charge in [0.05, 0.1) is 18.2 Å². The van der Waals surface area contributed by atoms with Crippen molar-refractivity contribution in [3.8, 4) is 11.5 Å². The first-order chi connectivity index (χ1) is 24.7. The minimum absolute atomic E-state index is 0.00940. The summed E-state index contributed by atoms with van der Waals surface area (Å²) in [5.74, 6) is 0.369. The van der Waals surface area contributed by atoms with Crippen molar-refractivity contribution < 1.29 is 39.9 Å². The van der Waals surface area contributed by atoms with Gasteiger partial charge in [0.2, 0.25) is 5.56 Å². The van der Waals surface area contributed by atoms with Crippen molar-refractivity contribution in [1.29, 1.82) is 0 Å². The Morgan fingerprint density at radius 3 is 2.25 bits per heavy atom. The number of benzene rings is 3. The van der Waals surface area contributed by atoms with E-state index in [0.717, 1.165) is 76.8 Å². The van der Waals surface area contributed by atoms with Gasteiger partial charge in [0, 0.05) is 35.6 Å². The summed E-state index contributed by atoms with van der Waals surface area (Å²) < 4.78 is 5.98. The Morgan fingerprint density at radius 1 is 0.882 bits per heavy atom. The highest BCUT2D eigenvalue weighted by Gasteiger charge is 2.39. The van der Waals surface area contributed by atoms with Crippen LogP contribution >= 0.6 is 0 Å². The number of aromatic amines is 1. The number of aromatic hydroxyl groups is 2. The molecular weight excluding hydrogens is 654 g/mol. The van der Waals surface area contributed by atoms with Crippen LogP contribution in [0.25, 0.3) is 10.9 Å². The summed E-state index contributed by atoms with van der Waals surface area (Å²) in [5.41, 5.74) is 4.05. The third-order valence-corrected chi connectivity index (χ3v) is 9.27. The van der Waals surface area contributed by atoms with Crippen molar-refractivity contribution in [1.82, 2.24) is 15.2 Å². The smallest absolute Gasteiger partial charge is 0.290 e. The van der Waals surface area contributed by atoms with Gasteiger partial charge in [-0.05, 0) is 93.7 Å². The maximum atomic E-state index is 11.6. The number of piperidine rings is 1. The van der Waals surface area contributed by atoms with Gasteiger partial charge >= 0.3 is 0 Å². The first kappa shape index (κ1) is 40.7. The number of nitrogens with one attached hydrogen (secondary N) is 2. The Hall–Kier alpha value is -4.75. The van der Waals surface area contributed by atoms with Gasteiger partial charge in [-0.2, -0.15) is 0 Å². The number of ether oxygens (including phenoxy) is 1. The molecule has 0 bridgehead atoms. The van der Waals surface area contributed by atoms with E-state index in [1.165, 1.54) is 23.3 Å². The van der Waals surface area contributed by atoms with Crippen LogP contribution in [0, 0.1) is 0 Å². The van der Waals surface area contributed by atoms with Crippen molar-refractivity contribution in [3.05, 3.63) is 105 Å². The molecule has 1 aromatic heterocycles. The number of likely N-dealkylation sites (tertiary alicyclic amines) is 1. The standard InChI is InChI=1S/C37H47N3O5.2CH2O2/c1-40-21-18-37(19-22-40,28-9-5-4-6-10-28)31-25-27(11-14-32(31)41)17-24-45-23-8-3-2-7-20-38-26-34(43)29-12-15-33(42)36-30(29)13-16-35(44)39-36;2*2-1-3/h4-6,9-16,25,34,38,41-43H,2-3,7-8,17-24,26H2,1H3,(H,39,44);2*1H,(H,2,3)/t34-;;/m0../s1. The number of rotatable bonds is 15. The van der Waals surface area contributed by atoms with Gasteiger partial charge < -0.3 is 45.5 Å². The predicted molar refractivity (Wildman–Crippen MR) is 196 cm³/mol. The van der Waals surface area contributed by atoms with E-state index >= 15 is 0 Å². The van der Waals surface area contributed by atoms with Crippen molar-refractivity contribution >= 4 is 23.8 Å². The molecule has 3 aromatic carbocycles. The largest absolute Gasteiger partial charge is 0.508 e. The normalized spacial score (nSPS) is 14.4. The molecule has 1 atom stereocenters. The Labute approximate surface area is 298 Å². The molecule has 2 heterocycles. The number of carboxylic acid groups (broad SMARTS) is 2. The molecule has 0 amide bonds. The zero-order chi connectivity index (χ0) is 37.1. The zero-order valence-electron chi connectivity index (χ0n) is 29.2. The molecule has 1 fully saturated rings. The van der Waals surface area contributed by atoms with Crippen molar-refractivity contribution in [2.24, 2.45) is 0 Å². The summed E-state index contributed by atoms with van der Waals surface area (Å²) in [6.45, 7) is 4.08. The monoisotopic (exact) mass is 705 g/mol. The highest BCUT2D eigenvalue weighted by Crippen LogP contribution is 2.45. The molecule has 0 saturated carbocycles. The number of aliphatic hydroxyl groups is 1. The van der Waals surface area contributed by atoms with E-state index in [1.54, 1.807) is 12.1 Å². The van der Waals surface area contributed by atoms with Crippen LogP contribution in [-0.4, -0.2) is 94.8 Å². The molecular formula is C39H51N3O9. The number of hydrogen-bond donors (Lipinski definition) is 7. The number of nitrogens with zero attached hydrogens (tertiary/aromatic N) is 1. The van der Waals surface area contributed by atoms with Crippen LogP contribution in [0.5, 0.6) is 11.5 Å². The maximum Gasteiger partial charge on any atom is 0.290 e. The quantitative estimate of drug-likeness (QED) is 0.0664. The van der Waals surface area contributed by atoms with E-state index in [9.17, 15) is 20.1 Å². The topological polar surface area (TPSA) is 193 Å². The van der Waals surface area contributed by atoms with Gasteiger partial charge in [0.25, 0.3) is 12.9 Å². The minimum atomic E-state index is -0.745. The van der Waals surface area contributed by atoms with E-state index in [1.807, 2.05) is 12.1 Å². The molecule has 7 N–H and O–H groups in total. The zero-order valence-corrected chi connectivity index (χ0v) is 29.2. The number of aliphatic hydroxyl groups excluding tert-OH is 1. The van der Waals surface area contributed by atoms with Gasteiger partial charge in [-0.1, -0.05) is 61.4 Å². The molecule has 0 spiro atoms. The highest BCUT2D eigenvalue weighted by molar-refractivity contribution is 5.87. The molecule has 1 aliphatic rings.